The SMILES string of the molecule is CCNC1CCC(C(C)(C)C)CC1SCCS(C)(=O)=O. The van der Waals surface area contributed by atoms with E-state index in [2.05, 4.69) is 33.0 Å². The molecule has 1 saturated carbocycles. The zero-order valence-corrected chi connectivity index (χ0v) is 15.2. The van der Waals surface area contributed by atoms with E-state index in [-0.39, 0.29) is 0 Å². The van der Waals surface area contributed by atoms with E-state index >= 15 is 0 Å². The molecule has 0 aliphatic heterocycles. The van der Waals surface area contributed by atoms with Crippen molar-refractivity contribution in [3.8, 4) is 0 Å². The van der Waals surface area contributed by atoms with E-state index in [0.717, 1.165) is 18.2 Å². The summed E-state index contributed by atoms with van der Waals surface area (Å²) in [7, 11) is -2.84. The van der Waals surface area contributed by atoms with Crippen LogP contribution in [0.5, 0.6) is 0 Å². The summed E-state index contributed by atoms with van der Waals surface area (Å²) in [5.41, 5.74) is 0.354. The number of hydrogen-bond acceptors (Lipinski definition) is 4. The molecule has 0 heterocycles. The molecule has 0 radical (unpaired) electrons. The fourth-order valence-corrected chi connectivity index (χ4v) is 5.68. The Morgan fingerprint density at radius 3 is 2.40 bits per heavy atom. The molecule has 120 valence electrons. The molecule has 0 spiro atoms. The summed E-state index contributed by atoms with van der Waals surface area (Å²) < 4.78 is 22.5. The molecular weight excluding hydrogens is 290 g/mol. The molecule has 3 atom stereocenters. The van der Waals surface area contributed by atoms with E-state index in [1.54, 1.807) is 0 Å². The average Bonchev–Trinajstić information content (AvgIpc) is 2.28. The Morgan fingerprint density at radius 2 is 1.90 bits per heavy atom. The van der Waals surface area contributed by atoms with Crippen LogP contribution < -0.4 is 5.32 Å². The Labute approximate surface area is 129 Å². The van der Waals surface area contributed by atoms with Crippen LogP contribution in [0.15, 0.2) is 0 Å². The first-order valence-corrected chi connectivity index (χ1v) is 10.8. The van der Waals surface area contributed by atoms with Crippen molar-refractivity contribution >= 4 is 21.6 Å². The normalized spacial score (nSPS) is 28.6. The van der Waals surface area contributed by atoms with E-state index in [1.165, 1.54) is 25.5 Å². The van der Waals surface area contributed by atoms with Crippen molar-refractivity contribution in [3.63, 3.8) is 0 Å². The van der Waals surface area contributed by atoms with Crippen LogP contribution in [-0.2, 0) is 9.84 Å². The van der Waals surface area contributed by atoms with Gasteiger partial charge in [0.25, 0.3) is 0 Å². The molecule has 20 heavy (non-hydrogen) atoms. The molecular formula is C15H31NO2S2. The smallest absolute Gasteiger partial charge is 0.148 e. The molecule has 3 nitrogen and oxygen atoms in total. The fraction of sp³-hybridized carbons (Fsp3) is 1.00. The number of nitrogens with one attached hydrogen (secondary N) is 1. The lowest BCUT2D eigenvalue weighted by Crippen LogP contribution is -2.45. The monoisotopic (exact) mass is 321 g/mol. The lowest BCUT2D eigenvalue weighted by atomic mass is 9.71. The molecule has 5 heteroatoms. The highest BCUT2D eigenvalue weighted by molar-refractivity contribution is 8.01. The minimum Gasteiger partial charge on any atom is -0.313 e. The van der Waals surface area contributed by atoms with Gasteiger partial charge in [-0.2, -0.15) is 11.8 Å². The van der Waals surface area contributed by atoms with Gasteiger partial charge in [-0.05, 0) is 37.1 Å². The third kappa shape index (κ3) is 6.35. The van der Waals surface area contributed by atoms with Crippen molar-refractivity contribution in [2.24, 2.45) is 11.3 Å². The Kier molecular flexibility index (Phi) is 6.87. The fourth-order valence-electron chi connectivity index (χ4n) is 2.95. The molecule has 1 aliphatic carbocycles. The Balaban J connectivity index is 2.59. The van der Waals surface area contributed by atoms with Crippen molar-refractivity contribution in [2.45, 2.75) is 58.2 Å². The first-order chi connectivity index (χ1) is 9.13. The average molecular weight is 322 g/mol. The van der Waals surface area contributed by atoms with E-state index < -0.39 is 9.84 Å². The first-order valence-electron chi connectivity index (χ1n) is 7.66. The van der Waals surface area contributed by atoms with Gasteiger partial charge in [-0.25, -0.2) is 8.42 Å². The van der Waals surface area contributed by atoms with E-state index in [0.29, 0.717) is 22.5 Å². The lowest BCUT2D eigenvalue weighted by Gasteiger charge is -2.42. The van der Waals surface area contributed by atoms with Crippen LogP contribution in [0.25, 0.3) is 0 Å². The van der Waals surface area contributed by atoms with Crippen molar-refractivity contribution in [1.82, 2.24) is 5.32 Å². The second-order valence-electron chi connectivity index (χ2n) is 7.08. The number of sulfone groups is 1. The predicted molar refractivity (Wildman–Crippen MR) is 90.2 cm³/mol. The largest absolute Gasteiger partial charge is 0.313 e. The standard InChI is InChI=1S/C15H31NO2S2/c1-6-16-13-8-7-12(15(2,3)4)11-14(13)19-9-10-20(5,17)18/h12-14,16H,6-11H2,1-5H3. The summed E-state index contributed by atoms with van der Waals surface area (Å²) in [4.78, 5) is 0. The van der Waals surface area contributed by atoms with E-state index in [1.807, 2.05) is 11.8 Å². The molecule has 0 saturated heterocycles. The Morgan fingerprint density at radius 1 is 1.25 bits per heavy atom. The van der Waals surface area contributed by atoms with Gasteiger partial charge in [-0.3, -0.25) is 0 Å². The number of hydrogen-bond donors (Lipinski definition) is 1. The van der Waals surface area contributed by atoms with Crippen molar-refractivity contribution < 1.29 is 8.42 Å². The molecule has 1 N–H and O–H groups in total. The summed E-state index contributed by atoms with van der Waals surface area (Å²) in [5.74, 6) is 1.77. The molecule has 3 unspecified atom stereocenters. The van der Waals surface area contributed by atoms with Gasteiger partial charge in [0, 0.05) is 23.3 Å². The quantitative estimate of drug-likeness (QED) is 0.817. The van der Waals surface area contributed by atoms with Crippen LogP contribution in [-0.4, -0.2) is 44.0 Å². The lowest BCUT2D eigenvalue weighted by molar-refractivity contribution is 0.165. The van der Waals surface area contributed by atoms with Crippen molar-refractivity contribution in [3.05, 3.63) is 0 Å². The zero-order valence-electron chi connectivity index (χ0n) is 13.6. The highest BCUT2D eigenvalue weighted by Gasteiger charge is 2.35. The van der Waals surface area contributed by atoms with Gasteiger partial charge in [0.05, 0.1) is 5.75 Å². The van der Waals surface area contributed by atoms with Gasteiger partial charge in [-0.1, -0.05) is 27.7 Å². The highest BCUT2D eigenvalue weighted by Crippen LogP contribution is 2.41. The van der Waals surface area contributed by atoms with E-state index in [9.17, 15) is 8.42 Å². The molecule has 0 aromatic carbocycles. The molecule has 0 aromatic rings. The molecule has 0 amide bonds. The van der Waals surface area contributed by atoms with Gasteiger partial charge in [-0.15, -0.1) is 0 Å². The van der Waals surface area contributed by atoms with Crippen LogP contribution in [0, 0.1) is 11.3 Å². The Bertz CT molecular complexity index is 387. The third-order valence-electron chi connectivity index (χ3n) is 4.27. The molecule has 1 aliphatic rings. The van der Waals surface area contributed by atoms with Crippen LogP contribution in [0.1, 0.15) is 47.0 Å². The summed E-state index contributed by atoms with van der Waals surface area (Å²) in [6.45, 7) is 10.1. The topological polar surface area (TPSA) is 46.2 Å². The van der Waals surface area contributed by atoms with Gasteiger partial charge in [0.15, 0.2) is 0 Å². The summed E-state index contributed by atoms with van der Waals surface area (Å²) >= 11 is 1.85. The van der Waals surface area contributed by atoms with Gasteiger partial charge < -0.3 is 5.32 Å². The van der Waals surface area contributed by atoms with Crippen LogP contribution in [0.3, 0.4) is 0 Å². The Hall–Kier alpha value is 0.260. The summed E-state index contributed by atoms with van der Waals surface area (Å²) in [5, 5.41) is 4.13. The maximum absolute atomic E-state index is 11.3. The van der Waals surface area contributed by atoms with Crippen LogP contribution >= 0.6 is 11.8 Å². The molecule has 1 fully saturated rings. The number of thioether (sulfide) groups is 1. The summed E-state index contributed by atoms with van der Waals surface area (Å²) in [6.07, 6.45) is 5.03. The minimum atomic E-state index is -2.84. The second kappa shape index (κ2) is 7.50. The van der Waals surface area contributed by atoms with Gasteiger partial charge >= 0.3 is 0 Å². The first kappa shape index (κ1) is 18.3. The molecule has 0 bridgehead atoms. The molecule has 0 aromatic heterocycles. The van der Waals surface area contributed by atoms with Gasteiger partial charge in [0.2, 0.25) is 0 Å². The van der Waals surface area contributed by atoms with Crippen LogP contribution in [0.2, 0.25) is 0 Å². The maximum Gasteiger partial charge on any atom is 0.148 e. The van der Waals surface area contributed by atoms with E-state index in [4.69, 9.17) is 0 Å². The van der Waals surface area contributed by atoms with Crippen LogP contribution in [0.4, 0.5) is 0 Å². The van der Waals surface area contributed by atoms with Crippen molar-refractivity contribution in [1.29, 1.82) is 0 Å². The zero-order chi connectivity index (χ0) is 15.4. The van der Waals surface area contributed by atoms with Gasteiger partial charge in [0.1, 0.15) is 9.84 Å². The third-order valence-corrected chi connectivity index (χ3v) is 6.86. The maximum atomic E-state index is 11.3. The second-order valence-corrected chi connectivity index (χ2v) is 10.7. The highest BCUT2D eigenvalue weighted by atomic mass is 32.2. The minimum absolute atomic E-state index is 0.299. The summed E-state index contributed by atoms with van der Waals surface area (Å²) in [6, 6.07) is 0.545. The van der Waals surface area contributed by atoms with Crippen molar-refractivity contribution in [2.75, 3.05) is 24.3 Å². The molecule has 1 rings (SSSR count). The number of rotatable bonds is 6. The predicted octanol–water partition coefficient (Wildman–Crippen LogP) is 2.96.